The van der Waals surface area contributed by atoms with E-state index < -0.39 is 36.8 Å². The van der Waals surface area contributed by atoms with Gasteiger partial charge in [-0.1, -0.05) is 46.4 Å². The van der Waals surface area contributed by atoms with E-state index in [1.165, 1.54) is 0 Å². The van der Waals surface area contributed by atoms with Crippen LogP contribution in [0.2, 0.25) is 20.1 Å². The number of esters is 1. The van der Waals surface area contributed by atoms with Gasteiger partial charge in [0.1, 0.15) is 12.3 Å². The number of carbonyl (C=O) groups is 4. The maximum atomic E-state index is 12.6. The average molecular weight is 520 g/mol. The van der Waals surface area contributed by atoms with E-state index in [4.69, 9.17) is 55.9 Å². The molecule has 0 radical (unpaired) electrons. The van der Waals surface area contributed by atoms with Crippen LogP contribution in [0.4, 0.5) is 5.69 Å². The quantitative estimate of drug-likeness (QED) is 0.250. The number of amides is 3. The molecule has 12 heteroatoms. The second-order valence-electron chi connectivity index (χ2n) is 6.37. The van der Waals surface area contributed by atoms with Crippen LogP contribution in [0, 0.1) is 0 Å². The lowest BCUT2D eigenvalue weighted by molar-refractivity contribution is -0.147. The van der Waals surface area contributed by atoms with E-state index in [0.29, 0.717) is 22.9 Å². The van der Waals surface area contributed by atoms with Crippen LogP contribution in [0.3, 0.4) is 0 Å². The van der Waals surface area contributed by atoms with Crippen molar-refractivity contribution in [3.05, 3.63) is 55.5 Å². The van der Waals surface area contributed by atoms with Gasteiger partial charge in [0.15, 0.2) is 6.61 Å². The zero-order valence-electron chi connectivity index (χ0n) is 16.3. The van der Waals surface area contributed by atoms with Gasteiger partial charge >= 0.3 is 5.97 Å². The van der Waals surface area contributed by atoms with Crippen LogP contribution in [0.1, 0.15) is 27.6 Å². The molecule has 3 amide bonds. The zero-order chi connectivity index (χ0) is 23.6. The second kappa shape index (κ2) is 9.95. The Labute approximate surface area is 202 Å². The van der Waals surface area contributed by atoms with Crippen molar-refractivity contribution < 1.29 is 28.7 Å². The molecule has 0 bridgehead atoms. The number of nitrogens with one attached hydrogen (secondary N) is 1. The van der Waals surface area contributed by atoms with Gasteiger partial charge in [-0.05, 0) is 31.2 Å². The lowest BCUT2D eigenvalue weighted by Crippen LogP contribution is -2.36. The number of ether oxygens (including phenoxy) is 2. The Kier molecular flexibility index (Phi) is 7.51. The first kappa shape index (κ1) is 24.1. The summed E-state index contributed by atoms with van der Waals surface area (Å²) in [6, 6.07) is 6.57. The Balaban J connectivity index is 1.60. The van der Waals surface area contributed by atoms with Gasteiger partial charge in [-0.3, -0.25) is 24.1 Å². The summed E-state index contributed by atoms with van der Waals surface area (Å²) in [5.41, 5.74) is -0.0397. The predicted molar refractivity (Wildman–Crippen MR) is 119 cm³/mol. The van der Waals surface area contributed by atoms with Gasteiger partial charge in [0.2, 0.25) is 0 Å². The number of carbonyl (C=O) groups excluding carboxylic acids is 4. The van der Waals surface area contributed by atoms with Gasteiger partial charge in [-0.25, -0.2) is 0 Å². The first-order valence-corrected chi connectivity index (χ1v) is 10.6. The van der Waals surface area contributed by atoms with Gasteiger partial charge in [0.05, 0.1) is 37.8 Å². The standard InChI is InChI=1S/C20H14Cl4N2O6/c1-2-31-10-5-3-9(4-6-10)25-11(27)8-32-12(28)7-26-19(29)13-14(20(26)30)16(22)18(24)17(23)15(13)21/h3-6H,2,7-8H2,1H3,(H,25,27). The molecular formula is C20H14Cl4N2O6. The lowest BCUT2D eigenvalue weighted by Gasteiger charge is -2.13. The Morgan fingerprint density at radius 1 is 0.906 bits per heavy atom. The Hall–Kier alpha value is -2.52. The molecule has 168 valence electrons. The molecule has 1 heterocycles. The van der Waals surface area contributed by atoms with Crippen LogP contribution in [0.5, 0.6) is 5.75 Å². The Bertz CT molecular complexity index is 1070. The Morgan fingerprint density at radius 3 is 1.94 bits per heavy atom. The summed E-state index contributed by atoms with van der Waals surface area (Å²) >= 11 is 23.9. The monoisotopic (exact) mass is 518 g/mol. The highest BCUT2D eigenvalue weighted by molar-refractivity contribution is 6.55. The second-order valence-corrected chi connectivity index (χ2v) is 7.88. The number of hydrogen-bond acceptors (Lipinski definition) is 6. The van der Waals surface area contributed by atoms with Crippen LogP contribution in [0.25, 0.3) is 0 Å². The highest BCUT2D eigenvalue weighted by Crippen LogP contribution is 2.44. The van der Waals surface area contributed by atoms with Crippen molar-refractivity contribution in [2.24, 2.45) is 0 Å². The van der Waals surface area contributed by atoms with Crippen molar-refractivity contribution in [1.82, 2.24) is 4.90 Å². The summed E-state index contributed by atoms with van der Waals surface area (Å²) in [5.74, 6) is -2.74. The molecular weight excluding hydrogens is 506 g/mol. The third-order valence-electron chi connectivity index (χ3n) is 4.29. The minimum absolute atomic E-state index is 0.186. The van der Waals surface area contributed by atoms with Gasteiger partial charge in [0, 0.05) is 5.69 Å². The van der Waals surface area contributed by atoms with Crippen molar-refractivity contribution in [3.8, 4) is 5.75 Å². The minimum Gasteiger partial charge on any atom is -0.494 e. The molecule has 0 unspecified atom stereocenters. The molecule has 8 nitrogen and oxygen atoms in total. The molecule has 2 aromatic carbocycles. The maximum Gasteiger partial charge on any atom is 0.326 e. The molecule has 3 rings (SSSR count). The van der Waals surface area contributed by atoms with E-state index in [-0.39, 0.29) is 31.2 Å². The number of benzene rings is 2. The molecule has 32 heavy (non-hydrogen) atoms. The van der Waals surface area contributed by atoms with Crippen LogP contribution in [-0.4, -0.2) is 48.3 Å². The average Bonchev–Trinajstić information content (AvgIpc) is 3.01. The van der Waals surface area contributed by atoms with Crippen molar-refractivity contribution in [3.63, 3.8) is 0 Å². The number of nitrogens with zero attached hydrogens (tertiary/aromatic N) is 1. The molecule has 0 fully saturated rings. The molecule has 1 aliphatic heterocycles. The smallest absolute Gasteiger partial charge is 0.326 e. The molecule has 0 atom stereocenters. The first-order valence-electron chi connectivity index (χ1n) is 9.06. The summed E-state index contributed by atoms with van der Waals surface area (Å²) < 4.78 is 10.2. The highest BCUT2D eigenvalue weighted by atomic mass is 35.5. The summed E-state index contributed by atoms with van der Waals surface area (Å²) in [6.07, 6.45) is 0. The highest BCUT2D eigenvalue weighted by Gasteiger charge is 2.42. The van der Waals surface area contributed by atoms with Gasteiger partial charge in [-0.15, -0.1) is 0 Å². The van der Waals surface area contributed by atoms with Crippen LogP contribution < -0.4 is 10.1 Å². The fourth-order valence-corrected chi connectivity index (χ4v) is 3.87. The number of hydrogen-bond donors (Lipinski definition) is 1. The van der Waals surface area contributed by atoms with Gasteiger partial charge in [-0.2, -0.15) is 0 Å². The summed E-state index contributed by atoms with van der Waals surface area (Å²) in [5, 5.41) is 1.66. The zero-order valence-corrected chi connectivity index (χ0v) is 19.4. The molecule has 0 aromatic heterocycles. The van der Waals surface area contributed by atoms with E-state index in [0.717, 1.165) is 0 Å². The topological polar surface area (TPSA) is 102 Å². The third-order valence-corrected chi connectivity index (χ3v) is 6.09. The van der Waals surface area contributed by atoms with E-state index in [1.807, 2.05) is 6.92 Å². The molecule has 0 spiro atoms. The molecule has 0 aliphatic carbocycles. The maximum absolute atomic E-state index is 12.6. The predicted octanol–water partition coefficient (Wildman–Crippen LogP) is 4.48. The van der Waals surface area contributed by atoms with Crippen molar-refractivity contribution in [2.45, 2.75) is 6.92 Å². The van der Waals surface area contributed by atoms with E-state index in [2.05, 4.69) is 5.32 Å². The largest absolute Gasteiger partial charge is 0.494 e. The van der Waals surface area contributed by atoms with Crippen molar-refractivity contribution in [2.75, 3.05) is 25.1 Å². The summed E-state index contributed by atoms with van der Waals surface area (Å²) in [6.45, 7) is 0.964. The number of anilines is 1. The normalized spacial score (nSPS) is 12.6. The fraction of sp³-hybridized carbons (Fsp3) is 0.200. The Morgan fingerprint density at radius 2 is 1.44 bits per heavy atom. The van der Waals surface area contributed by atoms with Crippen LogP contribution in [-0.2, 0) is 14.3 Å². The number of rotatable bonds is 7. The molecule has 1 N–H and O–H groups in total. The van der Waals surface area contributed by atoms with Crippen molar-refractivity contribution in [1.29, 1.82) is 0 Å². The fourth-order valence-electron chi connectivity index (χ4n) is 2.86. The van der Waals surface area contributed by atoms with Crippen LogP contribution in [0.15, 0.2) is 24.3 Å². The van der Waals surface area contributed by atoms with Crippen molar-refractivity contribution >= 4 is 75.8 Å². The molecule has 2 aromatic rings. The number of halogens is 4. The van der Waals surface area contributed by atoms with Gasteiger partial charge < -0.3 is 14.8 Å². The minimum atomic E-state index is -0.995. The van der Waals surface area contributed by atoms with Crippen LogP contribution >= 0.6 is 46.4 Å². The number of fused-ring (bicyclic) bond motifs is 1. The molecule has 1 aliphatic rings. The molecule has 0 saturated heterocycles. The summed E-state index contributed by atoms with van der Waals surface area (Å²) in [4.78, 5) is 49.9. The SMILES string of the molecule is CCOc1ccc(NC(=O)COC(=O)CN2C(=O)c3c(Cl)c(Cl)c(Cl)c(Cl)c3C2=O)cc1. The van der Waals surface area contributed by atoms with Gasteiger partial charge in [0.25, 0.3) is 17.7 Å². The lowest BCUT2D eigenvalue weighted by atomic mass is 10.1. The van der Waals surface area contributed by atoms with E-state index in [1.54, 1.807) is 24.3 Å². The number of imide groups is 1. The first-order chi connectivity index (χ1) is 15.1. The molecule has 0 saturated carbocycles. The summed E-state index contributed by atoms with van der Waals surface area (Å²) in [7, 11) is 0. The van der Waals surface area contributed by atoms with E-state index >= 15 is 0 Å². The third kappa shape index (κ3) is 4.78. The van der Waals surface area contributed by atoms with E-state index in [9.17, 15) is 19.2 Å².